The fourth-order valence-electron chi connectivity index (χ4n) is 1.50. The van der Waals surface area contributed by atoms with E-state index >= 15 is 0 Å². The Morgan fingerprint density at radius 3 is 2.75 bits per heavy atom. The van der Waals surface area contributed by atoms with Crippen LogP contribution in [-0.4, -0.2) is 37.6 Å². The van der Waals surface area contributed by atoms with Crippen LogP contribution in [-0.2, 0) is 10.0 Å². The van der Waals surface area contributed by atoms with Gasteiger partial charge in [0.25, 0.3) is 5.22 Å². The Balaban J connectivity index is 2.38. The monoisotopic (exact) mass is 312 g/mol. The maximum absolute atomic E-state index is 12.0. The second-order valence-electron chi connectivity index (χ2n) is 4.64. The molecule has 0 aliphatic heterocycles. The third-order valence-corrected chi connectivity index (χ3v) is 5.43. The van der Waals surface area contributed by atoms with Gasteiger partial charge in [-0.15, -0.1) is 0 Å². The summed E-state index contributed by atoms with van der Waals surface area (Å²) < 4.78 is 30.8. The number of fused-ring (bicyclic) bond motifs is 1. The van der Waals surface area contributed by atoms with Crippen LogP contribution in [0.25, 0.3) is 11.1 Å². The number of rotatable bonds is 5. The zero-order chi connectivity index (χ0) is 14.9. The van der Waals surface area contributed by atoms with E-state index in [1.165, 1.54) is 42.3 Å². The molecular formula is C13H16N2O3S2. The van der Waals surface area contributed by atoms with Crippen molar-refractivity contribution < 1.29 is 12.8 Å². The van der Waals surface area contributed by atoms with Crippen LogP contribution in [0.1, 0.15) is 6.92 Å². The summed E-state index contributed by atoms with van der Waals surface area (Å²) in [6.45, 7) is 5.74. The summed E-state index contributed by atoms with van der Waals surface area (Å²) in [5, 5.41) is 0.516. The second-order valence-corrected chi connectivity index (χ2v) is 7.72. The molecule has 0 saturated heterocycles. The molecule has 1 aromatic heterocycles. The number of aromatic nitrogens is 1. The number of hydrogen-bond acceptors (Lipinski definition) is 5. The maximum atomic E-state index is 12.0. The number of sulfonamides is 1. The van der Waals surface area contributed by atoms with Crippen molar-refractivity contribution in [2.24, 2.45) is 0 Å². The van der Waals surface area contributed by atoms with Crippen molar-refractivity contribution in [3.8, 4) is 0 Å². The molecule has 20 heavy (non-hydrogen) atoms. The van der Waals surface area contributed by atoms with E-state index in [1.807, 2.05) is 6.92 Å². The molecule has 0 bridgehead atoms. The van der Waals surface area contributed by atoms with Crippen LogP contribution >= 0.6 is 11.8 Å². The molecule has 0 saturated carbocycles. The highest BCUT2D eigenvalue weighted by Crippen LogP contribution is 2.26. The number of thioether (sulfide) groups is 1. The lowest BCUT2D eigenvalue weighted by Gasteiger charge is -2.10. The molecule has 0 spiro atoms. The third kappa shape index (κ3) is 3.05. The van der Waals surface area contributed by atoms with Gasteiger partial charge in [-0.05, 0) is 25.1 Å². The number of benzene rings is 1. The highest BCUT2D eigenvalue weighted by molar-refractivity contribution is 7.99. The minimum absolute atomic E-state index is 0.208. The topological polar surface area (TPSA) is 63.4 Å². The van der Waals surface area contributed by atoms with Crippen molar-refractivity contribution in [3.63, 3.8) is 0 Å². The number of oxazole rings is 1. The van der Waals surface area contributed by atoms with Gasteiger partial charge >= 0.3 is 0 Å². The van der Waals surface area contributed by atoms with Gasteiger partial charge in [-0.3, -0.25) is 0 Å². The van der Waals surface area contributed by atoms with Crippen molar-refractivity contribution in [1.29, 1.82) is 0 Å². The minimum Gasteiger partial charge on any atom is -0.431 e. The Morgan fingerprint density at radius 1 is 1.45 bits per heavy atom. The molecule has 0 unspecified atom stereocenters. The summed E-state index contributed by atoms with van der Waals surface area (Å²) >= 11 is 1.44. The lowest BCUT2D eigenvalue weighted by atomic mass is 10.3. The Morgan fingerprint density at radius 2 is 2.15 bits per heavy atom. The van der Waals surface area contributed by atoms with E-state index in [2.05, 4.69) is 11.6 Å². The molecule has 2 aromatic rings. The first-order valence-corrected chi connectivity index (χ1v) is 8.33. The average molecular weight is 312 g/mol. The zero-order valence-corrected chi connectivity index (χ0v) is 13.2. The van der Waals surface area contributed by atoms with Gasteiger partial charge in [0, 0.05) is 19.8 Å². The van der Waals surface area contributed by atoms with E-state index in [9.17, 15) is 8.42 Å². The van der Waals surface area contributed by atoms with Crippen LogP contribution in [0, 0.1) is 0 Å². The SMILES string of the molecule is C=C(C)CSc1nc2cc(S(=O)(=O)N(C)C)ccc2o1. The van der Waals surface area contributed by atoms with E-state index in [1.54, 1.807) is 6.07 Å². The Bertz CT molecular complexity index is 748. The van der Waals surface area contributed by atoms with Crippen LogP contribution in [0.15, 0.2) is 44.9 Å². The van der Waals surface area contributed by atoms with Gasteiger partial charge < -0.3 is 4.42 Å². The third-order valence-electron chi connectivity index (χ3n) is 2.56. The van der Waals surface area contributed by atoms with Gasteiger partial charge in [-0.1, -0.05) is 23.9 Å². The van der Waals surface area contributed by atoms with Crippen molar-refractivity contribution in [2.75, 3.05) is 19.8 Å². The van der Waals surface area contributed by atoms with Crippen molar-refractivity contribution in [3.05, 3.63) is 30.4 Å². The van der Waals surface area contributed by atoms with Crippen LogP contribution in [0.3, 0.4) is 0 Å². The molecule has 1 heterocycles. The van der Waals surface area contributed by atoms with Gasteiger partial charge in [0.1, 0.15) is 5.52 Å². The average Bonchev–Trinajstić information content (AvgIpc) is 2.77. The van der Waals surface area contributed by atoms with Crippen LogP contribution < -0.4 is 0 Å². The fraction of sp³-hybridized carbons (Fsp3) is 0.308. The van der Waals surface area contributed by atoms with Gasteiger partial charge in [0.15, 0.2) is 5.58 Å². The predicted molar refractivity (Wildman–Crippen MR) is 80.4 cm³/mol. The lowest BCUT2D eigenvalue weighted by molar-refractivity contribution is 0.489. The van der Waals surface area contributed by atoms with Gasteiger partial charge in [-0.25, -0.2) is 17.7 Å². The van der Waals surface area contributed by atoms with Gasteiger partial charge in [0.2, 0.25) is 10.0 Å². The lowest BCUT2D eigenvalue weighted by Crippen LogP contribution is -2.22. The minimum atomic E-state index is -3.45. The predicted octanol–water partition coefficient (Wildman–Crippen LogP) is 2.75. The van der Waals surface area contributed by atoms with Gasteiger partial charge in [0.05, 0.1) is 4.90 Å². The molecule has 0 atom stereocenters. The number of nitrogens with zero attached hydrogens (tertiary/aromatic N) is 2. The van der Waals surface area contributed by atoms with Crippen LogP contribution in [0.4, 0.5) is 0 Å². The zero-order valence-electron chi connectivity index (χ0n) is 11.6. The quantitative estimate of drug-likeness (QED) is 0.627. The Kier molecular flexibility index (Phi) is 4.22. The van der Waals surface area contributed by atoms with Crippen LogP contribution in [0.5, 0.6) is 0 Å². The molecule has 0 fully saturated rings. The summed E-state index contributed by atoms with van der Waals surface area (Å²) in [4.78, 5) is 4.50. The summed E-state index contributed by atoms with van der Waals surface area (Å²) in [6, 6.07) is 4.68. The standard InChI is InChI=1S/C13H16N2O3S2/c1-9(2)8-19-13-14-11-7-10(5-6-12(11)18-13)20(16,17)15(3)4/h5-7H,1,8H2,2-4H3. The second kappa shape index (κ2) is 5.59. The van der Waals surface area contributed by atoms with Crippen molar-refractivity contribution in [2.45, 2.75) is 17.0 Å². The normalized spacial score (nSPS) is 12.2. The maximum Gasteiger partial charge on any atom is 0.257 e. The Labute approximate surface area is 122 Å². The molecule has 5 nitrogen and oxygen atoms in total. The Hall–Kier alpha value is -1.31. The molecule has 7 heteroatoms. The van der Waals surface area contributed by atoms with E-state index in [0.29, 0.717) is 16.3 Å². The fourth-order valence-corrected chi connectivity index (χ4v) is 3.11. The molecule has 1 aromatic carbocycles. The van der Waals surface area contributed by atoms with E-state index in [4.69, 9.17) is 4.42 Å². The van der Waals surface area contributed by atoms with E-state index in [-0.39, 0.29) is 4.90 Å². The first-order valence-electron chi connectivity index (χ1n) is 5.91. The molecule has 0 aliphatic carbocycles. The smallest absolute Gasteiger partial charge is 0.257 e. The summed E-state index contributed by atoms with van der Waals surface area (Å²) in [6.07, 6.45) is 0. The van der Waals surface area contributed by atoms with Crippen LogP contribution in [0.2, 0.25) is 0 Å². The molecule has 0 radical (unpaired) electrons. The van der Waals surface area contributed by atoms with E-state index in [0.717, 1.165) is 11.3 Å². The molecular weight excluding hydrogens is 296 g/mol. The van der Waals surface area contributed by atoms with Gasteiger partial charge in [-0.2, -0.15) is 0 Å². The molecule has 108 valence electrons. The largest absolute Gasteiger partial charge is 0.431 e. The highest BCUT2D eigenvalue weighted by Gasteiger charge is 2.18. The summed E-state index contributed by atoms with van der Waals surface area (Å²) in [5.74, 6) is 0.718. The molecule has 2 rings (SSSR count). The molecule has 0 amide bonds. The van der Waals surface area contributed by atoms with Crippen molar-refractivity contribution >= 4 is 32.9 Å². The number of hydrogen-bond donors (Lipinski definition) is 0. The summed E-state index contributed by atoms with van der Waals surface area (Å²) in [7, 11) is -0.461. The first-order chi connectivity index (χ1) is 9.30. The first kappa shape index (κ1) is 15.1. The van der Waals surface area contributed by atoms with E-state index < -0.39 is 10.0 Å². The summed E-state index contributed by atoms with van der Waals surface area (Å²) in [5.41, 5.74) is 2.14. The molecule has 0 aliphatic rings. The van der Waals surface area contributed by atoms with Crippen molar-refractivity contribution in [1.82, 2.24) is 9.29 Å². The highest BCUT2D eigenvalue weighted by atomic mass is 32.2. The molecule has 0 N–H and O–H groups in total.